The second-order valence-corrected chi connectivity index (χ2v) is 11.4. The molecular formula is C33H43N3O4. The van der Waals surface area contributed by atoms with Gasteiger partial charge in [-0.05, 0) is 74.1 Å². The van der Waals surface area contributed by atoms with Crippen molar-refractivity contribution in [1.29, 1.82) is 0 Å². The highest BCUT2D eigenvalue weighted by molar-refractivity contribution is 6.00. The van der Waals surface area contributed by atoms with Gasteiger partial charge in [0.1, 0.15) is 17.7 Å². The zero-order valence-electron chi connectivity index (χ0n) is 24.8. The number of hydrogen-bond acceptors (Lipinski definition) is 4. The van der Waals surface area contributed by atoms with Crippen LogP contribution < -0.4 is 10.6 Å². The number of aryl methyl sites for hydroxylation is 1. The summed E-state index contributed by atoms with van der Waals surface area (Å²) in [5, 5.41) is 7.95. The lowest BCUT2D eigenvalue weighted by Crippen LogP contribution is -2.55. The summed E-state index contributed by atoms with van der Waals surface area (Å²) < 4.78 is 5.48. The third-order valence-electron chi connectivity index (χ3n) is 6.96. The van der Waals surface area contributed by atoms with Crippen molar-refractivity contribution in [2.24, 2.45) is 5.92 Å². The van der Waals surface area contributed by atoms with Gasteiger partial charge in [-0.1, -0.05) is 81.8 Å². The lowest BCUT2D eigenvalue weighted by atomic mass is 9.94. The fourth-order valence-electron chi connectivity index (χ4n) is 4.73. The molecule has 2 N–H and O–H groups in total. The summed E-state index contributed by atoms with van der Waals surface area (Å²) in [5.41, 5.74) is 1.58. The van der Waals surface area contributed by atoms with E-state index < -0.39 is 23.8 Å². The number of carbonyl (C=O) groups is 3. The van der Waals surface area contributed by atoms with E-state index in [1.807, 2.05) is 94.4 Å². The Hall–Kier alpha value is -3.87. The van der Waals surface area contributed by atoms with Gasteiger partial charge in [0, 0.05) is 12.2 Å². The number of benzene rings is 3. The minimum atomic E-state index is -0.896. The van der Waals surface area contributed by atoms with E-state index in [1.165, 1.54) is 0 Å². The third-order valence-corrected chi connectivity index (χ3v) is 6.96. The normalized spacial score (nSPS) is 13.7. The highest BCUT2D eigenvalue weighted by atomic mass is 16.6. The lowest BCUT2D eigenvalue weighted by molar-refractivity contribution is -0.142. The Morgan fingerprint density at radius 1 is 0.925 bits per heavy atom. The summed E-state index contributed by atoms with van der Waals surface area (Å²) in [6.07, 6.45) is 0.636. The number of carbonyl (C=O) groups excluding carboxylic acids is 3. The standard InChI is InChI=1S/C33H43N3O4/c1-8-20-36(31(38)28(22(3)9-2)35-32(39)40-33(5,6)7)29(27-17-13-10-14-23(27)4)30(37)34-26-19-18-24-15-11-12-16-25(24)21-26/h10-19,21-22,28-29H,8-9,20H2,1-7H3,(H,34,37)(H,35,39). The number of hydrogen-bond donors (Lipinski definition) is 2. The molecule has 3 amide bonds. The van der Waals surface area contributed by atoms with Gasteiger partial charge in [-0.3, -0.25) is 9.59 Å². The number of amides is 3. The number of rotatable bonds is 10. The molecule has 3 atom stereocenters. The van der Waals surface area contributed by atoms with Crippen LogP contribution in [-0.4, -0.2) is 41.0 Å². The molecular weight excluding hydrogens is 502 g/mol. The molecule has 3 aromatic carbocycles. The van der Waals surface area contributed by atoms with Crippen LogP contribution in [0, 0.1) is 12.8 Å². The maximum Gasteiger partial charge on any atom is 0.408 e. The average molecular weight is 546 g/mol. The molecule has 7 heteroatoms. The highest BCUT2D eigenvalue weighted by Crippen LogP contribution is 2.29. The zero-order chi connectivity index (χ0) is 29.4. The smallest absolute Gasteiger partial charge is 0.408 e. The van der Waals surface area contributed by atoms with Crippen LogP contribution in [0.25, 0.3) is 10.8 Å². The number of anilines is 1. The van der Waals surface area contributed by atoms with E-state index in [-0.39, 0.29) is 17.7 Å². The Kier molecular flexibility index (Phi) is 10.3. The van der Waals surface area contributed by atoms with Gasteiger partial charge in [0.05, 0.1) is 0 Å². The quantitative estimate of drug-likeness (QED) is 0.287. The largest absolute Gasteiger partial charge is 0.444 e. The number of alkyl carbamates (subject to hydrolysis) is 1. The van der Waals surface area contributed by atoms with Crippen molar-refractivity contribution in [3.8, 4) is 0 Å². The van der Waals surface area contributed by atoms with Gasteiger partial charge >= 0.3 is 6.09 Å². The van der Waals surface area contributed by atoms with Crippen LogP contribution in [0.3, 0.4) is 0 Å². The SMILES string of the molecule is CCCN(C(=O)C(NC(=O)OC(C)(C)C)C(C)CC)C(C(=O)Nc1ccc2ccccc2c1)c1ccccc1C. The van der Waals surface area contributed by atoms with Crippen molar-refractivity contribution in [3.05, 3.63) is 77.9 Å². The lowest BCUT2D eigenvalue weighted by Gasteiger charge is -2.36. The maximum atomic E-state index is 14.3. The van der Waals surface area contributed by atoms with E-state index in [1.54, 1.807) is 25.7 Å². The van der Waals surface area contributed by atoms with E-state index >= 15 is 0 Å². The molecule has 3 aromatic rings. The molecule has 0 spiro atoms. The van der Waals surface area contributed by atoms with Crippen molar-refractivity contribution >= 4 is 34.4 Å². The summed E-state index contributed by atoms with van der Waals surface area (Å²) in [7, 11) is 0. The predicted molar refractivity (Wildman–Crippen MR) is 161 cm³/mol. The summed E-state index contributed by atoms with van der Waals surface area (Å²) in [4.78, 5) is 42.7. The molecule has 0 heterocycles. The second-order valence-electron chi connectivity index (χ2n) is 11.4. The number of ether oxygens (including phenoxy) is 1. The van der Waals surface area contributed by atoms with E-state index in [0.717, 1.165) is 21.9 Å². The monoisotopic (exact) mass is 545 g/mol. The molecule has 214 valence electrons. The third kappa shape index (κ3) is 7.84. The fourth-order valence-corrected chi connectivity index (χ4v) is 4.73. The van der Waals surface area contributed by atoms with Gasteiger partial charge < -0.3 is 20.3 Å². The van der Waals surface area contributed by atoms with Crippen molar-refractivity contribution in [3.63, 3.8) is 0 Å². The fraction of sp³-hybridized carbons (Fsp3) is 0.424. The van der Waals surface area contributed by atoms with Crippen LogP contribution in [0.15, 0.2) is 66.7 Å². The Morgan fingerprint density at radius 3 is 2.20 bits per heavy atom. The van der Waals surface area contributed by atoms with Crippen molar-refractivity contribution in [2.45, 2.75) is 79.0 Å². The van der Waals surface area contributed by atoms with E-state index in [2.05, 4.69) is 10.6 Å². The van der Waals surface area contributed by atoms with E-state index in [9.17, 15) is 14.4 Å². The first-order chi connectivity index (χ1) is 18.9. The molecule has 0 fully saturated rings. The van der Waals surface area contributed by atoms with Crippen LogP contribution in [0.2, 0.25) is 0 Å². The Labute approximate surface area is 238 Å². The molecule has 0 aliphatic carbocycles. The van der Waals surface area contributed by atoms with Gasteiger partial charge in [-0.25, -0.2) is 4.79 Å². The number of fused-ring (bicyclic) bond motifs is 1. The minimum absolute atomic E-state index is 0.180. The van der Waals surface area contributed by atoms with Gasteiger partial charge in [-0.2, -0.15) is 0 Å². The summed E-state index contributed by atoms with van der Waals surface area (Å²) in [6, 6.07) is 19.6. The molecule has 0 saturated carbocycles. The molecule has 0 bridgehead atoms. The molecule has 0 aliphatic heterocycles. The van der Waals surface area contributed by atoms with E-state index in [0.29, 0.717) is 25.1 Å². The van der Waals surface area contributed by atoms with Crippen LogP contribution in [-0.2, 0) is 14.3 Å². The van der Waals surface area contributed by atoms with Gasteiger partial charge in [0.15, 0.2) is 0 Å². The molecule has 40 heavy (non-hydrogen) atoms. The molecule has 3 unspecified atom stereocenters. The van der Waals surface area contributed by atoms with Gasteiger partial charge in [-0.15, -0.1) is 0 Å². The minimum Gasteiger partial charge on any atom is -0.444 e. The highest BCUT2D eigenvalue weighted by Gasteiger charge is 2.38. The van der Waals surface area contributed by atoms with Crippen LogP contribution in [0.5, 0.6) is 0 Å². The predicted octanol–water partition coefficient (Wildman–Crippen LogP) is 7.01. The van der Waals surface area contributed by atoms with Crippen molar-refractivity contribution < 1.29 is 19.1 Å². The molecule has 0 aromatic heterocycles. The molecule has 3 rings (SSSR count). The summed E-state index contributed by atoms with van der Waals surface area (Å²) in [5.74, 6) is -0.809. The van der Waals surface area contributed by atoms with E-state index in [4.69, 9.17) is 4.74 Å². The molecule has 0 saturated heterocycles. The first-order valence-corrected chi connectivity index (χ1v) is 14.1. The second kappa shape index (κ2) is 13.5. The Morgan fingerprint density at radius 2 is 1.57 bits per heavy atom. The zero-order valence-corrected chi connectivity index (χ0v) is 24.8. The first-order valence-electron chi connectivity index (χ1n) is 14.1. The topological polar surface area (TPSA) is 87.7 Å². The average Bonchev–Trinajstić information content (AvgIpc) is 2.90. The summed E-state index contributed by atoms with van der Waals surface area (Å²) >= 11 is 0. The van der Waals surface area contributed by atoms with Crippen molar-refractivity contribution in [1.82, 2.24) is 10.2 Å². The molecule has 7 nitrogen and oxygen atoms in total. The van der Waals surface area contributed by atoms with Crippen LogP contribution in [0.1, 0.15) is 71.6 Å². The number of nitrogens with one attached hydrogen (secondary N) is 2. The summed E-state index contributed by atoms with van der Waals surface area (Å²) in [6.45, 7) is 13.5. The van der Waals surface area contributed by atoms with Crippen LogP contribution in [0.4, 0.5) is 10.5 Å². The van der Waals surface area contributed by atoms with Gasteiger partial charge in [0.2, 0.25) is 5.91 Å². The maximum absolute atomic E-state index is 14.3. The molecule has 0 radical (unpaired) electrons. The van der Waals surface area contributed by atoms with Crippen LogP contribution >= 0.6 is 0 Å². The molecule has 0 aliphatic rings. The Balaban J connectivity index is 2.02. The number of nitrogens with zero attached hydrogens (tertiary/aromatic N) is 1. The first kappa shape index (κ1) is 30.7. The van der Waals surface area contributed by atoms with Crippen molar-refractivity contribution in [2.75, 3.05) is 11.9 Å². The van der Waals surface area contributed by atoms with Gasteiger partial charge in [0.25, 0.3) is 5.91 Å². The Bertz CT molecular complexity index is 1330.